The van der Waals surface area contributed by atoms with Gasteiger partial charge in [0.2, 0.25) is 5.91 Å². The number of hydrogen-bond donors (Lipinski definition) is 2. The van der Waals surface area contributed by atoms with Crippen molar-refractivity contribution in [2.45, 2.75) is 38.1 Å². The standard InChI is InChI=1S/C22H25ClN2O2/c1-15(2)19(25-20(26)17-10-6-7-11-18(17)23)21(27)24-14-22(12-13-22)16-8-4-3-5-9-16/h3-11,15,19H,12-14H2,1-2H3,(H,24,27)(H,25,26). The molecule has 1 fully saturated rings. The van der Waals surface area contributed by atoms with Crippen LogP contribution in [0.5, 0.6) is 0 Å². The zero-order valence-electron chi connectivity index (χ0n) is 15.7. The van der Waals surface area contributed by atoms with Gasteiger partial charge in [-0.1, -0.05) is 67.9 Å². The van der Waals surface area contributed by atoms with Crippen molar-refractivity contribution >= 4 is 23.4 Å². The third-order valence-corrected chi connectivity index (χ3v) is 5.52. The van der Waals surface area contributed by atoms with E-state index in [1.54, 1.807) is 24.3 Å². The fourth-order valence-electron chi connectivity index (χ4n) is 3.28. The summed E-state index contributed by atoms with van der Waals surface area (Å²) in [4.78, 5) is 25.3. The Morgan fingerprint density at radius 2 is 1.67 bits per heavy atom. The van der Waals surface area contributed by atoms with Crippen molar-refractivity contribution in [2.24, 2.45) is 5.92 Å². The van der Waals surface area contributed by atoms with Crippen LogP contribution in [0.25, 0.3) is 0 Å². The first-order valence-electron chi connectivity index (χ1n) is 9.31. The highest BCUT2D eigenvalue weighted by Gasteiger charge is 2.44. The molecule has 0 saturated heterocycles. The van der Waals surface area contributed by atoms with E-state index in [4.69, 9.17) is 11.6 Å². The van der Waals surface area contributed by atoms with Crippen molar-refractivity contribution in [1.29, 1.82) is 0 Å². The van der Waals surface area contributed by atoms with Crippen LogP contribution in [0.2, 0.25) is 5.02 Å². The third-order valence-electron chi connectivity index (χ3n) is 5.19. The van der Waals surface area contributed by atoms with Crippen LogP contribution >= 0.6 is 11.6 Å². The molecule has 5 heteroatoms. The van der Waals surface area contributed by atoms with Crippen LogP contribution in [0, 0.1) is 5.92 Å². The quantitative estimate of drug-likeness (QED) is 0.759. The van der Waals surface area contributed by atoms with Gasteiger partial charge in [0, 0.05) is 12.0 Å². The molecule has 3 rings (SSSR count). The molecule has 4 nitrogen and oxygen atoms in total. The summed E-state index contributed by atoms with van der Waals surface area (Å²) in [6.45, 7) is 4.42. The van der Waals surface area contributed by atoms with Gasteiger partial charge < -0.3 is 10.6 Å². The molecule has 1 saturated carbocycles. The van der Waals surface area contributed by atoms with Gasteiger partial charge in [-0.3, -0.25) is 9.59 Å². The Labute approximate surface area is 165 Å². The fourth-order valence-corrected chi connectivity index (χ4v) is 3.50. The summed E-state index contributed by atoms with van der Waals surface area (Å²) >= 11 is 6.10. The Kier molecular flexibility index (Phi) is 5.85. The van der Waals surface area contributed by atoms with Gasteiger partial charge in [-0.2, -0.15) is 0 Å². The maximum atomic E-state index is 12.8. The predicted molar refractivity (Wildman–Crippen MR) is 108 cm³/mol. The van der Waals surface area contributed by atoms with Crippen molar-refractivity contribution < 1.29 is 9.59 Å². The molecule has 0 bridgehead atoms. The van der Waals surface area contributed by atoms with Crippen molar-refractivity contribution in [2.75, 3.05) is 6.54 Å². The Hall–Kier alpha value is -2.33. The topological polar surface area (TPSA) is 58.2 Å². The second-order valence-corrected chi connectivity index (χ2v) is 7.95. The van der Waals surface area contributed by atoms with Crippen LogP contribution in [0.15, 0.2) is 54.6 Å². The van der Waals surface area contributed by atoms with E-state index in [0.717, 1.165) is 12.8 Å². The number of nitrogens with one attached hydrogen (secondary N) is 2. The third kappa shape index (κ3) is 4.51. The molecule has 2 N–H and O–H groups in total. The van der Waals surface area contributed by atoms with Gasteiger partial charge >= 0.3 is 0 Å². The maximum absolute atomic E-state index is 12.8. The Morgan fingerprint density at radius 3 is 2.26 bits per heavy atom. The van der Waals surface area contributed by atoms with E-state index in [2.05, 4.69) is 22.8 Å². The predicted octanol–water partition coefficient (Wildman–Crippen LogP) is 3.94. The second-order valence-electron chi connectivity index (χ2n) is 7.54. The van der Waals surface area contributed by atoms with E-state index in [1.807, 2.05) is 32.0 Å². The average Bonchev–Trinajstić information content (AvgIpc) is 3.46. The molecular formula is C22H25ClN2O2. The first kappa shape index (κ1) is 19.4. The second kappa shape index (κ2) is 8.13. The zero-order valence-corrected chi connectivity index (χ0v) is 16.4. The normalized spacial score (nSPS) is 15.9. The molecule has 0 aliphatic heterocycles. The van der Waals surface area contributed by atoms with E-state index in [9.17, 15) is 9.59 Å². The molecule has 0 radical (unpaired) electrons. The monoisotopic (exact) mass is 384 g/mol. The number of benzene rings is 2. The van der Waals surface area contributed by atoms with E-state index in [0.29, 0.717) is 17.1 Å². The van der Waals surface area contributed by atoms with Gasteiger partial charge in [0.05, 0.1) is 10.6 Å². The maximum Gasteiger partial charge on any atom is 0.253 e. The molecule has 27 heavy (non-hydrogen) atoms. The van der Waals surface area contributed by atoms with Crippen molar-refractivity contribution in [3.05, 3.63) is 70.7 Å². The lowest BCUT2D eigenvalue weighted by Gasteiger charge is -2.24. The summed E-state index contributed by atoms with van der Waals surface area (Å²) < 4.78 is 0. The molecule has 0 spiro atoms. The van der Waals surface area contributed by atoms with Gasteiger partial charge in [-0.15, -0.1) is 0 Å². The van der Waals surface area contributed by atoms with Crippen LogP contribution in [0.1, 0.15) is 42.6 Å². The molecule has 0 heterocycles. The first-order chi connectivity index (χ1) is 12.9. The molecule has 0 aromatic heterocycles. The first-order valence-corrected chi connectivity index (χ1v) is 9.69. The van der Waals surface area contributed by atoms with Crippen LogP contribution in [0.3, 0.4) is 0 Å². The number of halogens is 1. The van der Waals surface area contributed by atoms with Crippen molar-refractivity contribution in [3.8, 4) is 0 Å². The minimum Gasteiger partial charge on any atom is -0.353 e. The summed E-state index contributed by atoms with van der Waals surface area (Å²) in [7, 11) is 0. The highest BCUT2D eigenvalue weighted by Crippen LogP contribution is 2.47. The van der Waals surface area contributed by atoms with Crippen LogP contribution in [-0.4, -0.2) is 24.4 Å². The molecule has 2 aromatic carbocycles. The lowest BCUT2D eigenvalue weighted by molar-refractivity contribution is -0.124. The summed E-state index contributed by atoms with van der Waals surface area (Å²) in [5.74, 6) is -0.533. The van der Waals surface area contributed by atoms with E-state index in [1.165, 1.54) is 5.56 Å². The molecule has 1 aliphatic rings. The number of amides is 2. The largest absolute Gasteiger partial charge is 0.353 e. The Morgan fingerprint density at radius 1 is 1.04 bits per heavy atom. The average molecular weight is 385 g/mol. The molecule has 1 unspecified atom stereocenters. The Balaban J connectivity index is 1.64. The lowest BCUT2D eigenvalue weighted by atomic mass is 9.95. The smallest absolute Gasteiger partial charge is 0.253 e. The van der Waals surface area contributed by atoms with Crippen LogP contribution < -0.4 is 10.6 Å². The molecular weight excluding hydrogens is 360 g/mol. The minimum atomic E-state index is -0.611. The van der Waals surface area contributed by atoms with Crippen LogP contribution in [-0.2, 0) is 10.2 Å². The van der Waals surface area contributed by atoms with Crippen molar-refractivity contribution in [1.82, 2.24) is 10.6 Å². The number of hydrogen-bond acceptors (Lipinski definition) is 2. The number of carbonyl (C=O) groups is 2. The van der Waals surface area contributed by atoms with Crippen LogP contribution in [0.4, 0.5) is 0 Å². The SMILES string of the molecule is CC(C)C(NC(=O)c1ccccc1Cl)C(=O)NCC1(c2ccccc2)CC1. The minimum absolute atomic E-state index is 0.0329. The summed E-state index contributed by atoms with van der Waals surface area (Å²) in [6, 6.07) is 16.5. The van der Waals surface area contributed by atoms with E-state index >= 15 is 0 Å². The molecule has 1 aliphatic carbocycles. The van der Waals surface area contributed by atoms with E-state index < -0.39 is 6.04 Å². The number of rotatable bonds is 7. The van der Waals surface area contributed by atoms with Gasteiger partial charge in [-0.05, 0) is 36.5 Å². The number of carbonyl (C=O) groups excluding carboxylic acids is 2. The highest BCUT2D eigenvalue weighted by molar-refractivity contribution is 6.33. The van der Waals surface area contributed by atoms with Gasteiger partial charge in [0.15, 0.2) is 0 Å². The molecule has 2 aromatic rings. The molecule has 1 atom stereocenters. The highest BCUT2D eigenvalue weighted by atomic mass is 35.5. The van der Waals surface area contributed by atoms with E-state index in [-0.39, 0.29) is 23.1 Å². The summed E-state index contributed by atoms with van der Waals surface area (Å²) in [5, 5.41) is 6.26. The van der Waals surface area contributed by atoms with Gasteiger partial charge in [-0.25, -0.2) is 0 Å². The lowest BCUT2D eigenvalue weighted by Crippen LogP contribution is -2.51. The van der Waals surface area contributed by atoms with Gasteiger partial charge in [0.1, 0.15) is 6.04 Å². The van der Waals surface area contributed by atoms with Crippen molar-refractivity contribution in [3.63, 3.8) is 0 Å². The zero-order chi connectivity index (χ0) is 19.4. The molecule has 142 valence electrons. The summed E-state index contributed by atoms with van der Waals surface area (Å²) in [6.07, 6.45) is 2.13. The molecule has 2 amide bonds. The van der Waals surface area contributed by atoms with Gasteiger partial charge in [0.25, 0.3) is 5.91 Å². The summed E-state index contributed by atoms with van der Waals surface area (Å²) in [5.41, 5.74) is 1.66. The Bertz CT molecular complexity index is 816. The fraction of sp³-hybridized carbons (Fsp3) is 0.364.